The number of hydrogen-bond donors (Lipinski definition) is 1. The zero-order valence-electron chi connectivity index (χ0n) is 13.0. The summed E-state index contributed by atoms with van der Waals surface area (Å²) in [5, 5.41) is 0. The van der Waals surface area contributed by atoms with Crippen molar-refractivity contribution in [2.45, 2.75) is 18.7 Å². The Bertz CT molecular complexity index is 485. The van der Waals surface area contributed by atoms with Crippen LogP contribution in [0.1, 0.15) is 19.4 Å². The lowest BCUT2D eigenvalue weighted by Gasteiger charge is -2.17. The third kappa shape index (κ3) is 6.23. The van der Waals surface area contributed by atoms with Gasteiger partial charge < -0.3 is 15.4 Å². The highest BCUT2D eigenvalue weighted by atomic mass is 32.2. The molecule has 0 aliphatic rings. The lowest BCUT2D eigenvalue weighted by Crippen LogP contribution is -2.25. The average Bonchev–Trinajstić information content (AvgIpc) is 2.50. The van der Waals surface area contributed by atoms with Crippen molar-refractivity contribution in [1.82, 2.24) is 4.90 Å². The van der Waals surface area contributed by atoms with Crippen LogP contribution >= 0.6 is 11.8 Å². The minimum absolute atomic E-state index is 0.369. The average molecular weight is 308 g/mol. The van der Waals surface area contributed by atoms with Crippen LogP contribution in [0.3, 0.4) is 0 Å². The largest absolute Gasteiger partial charge is 0.466 e. The highest BCUT2D eigenvalue weighted by molar-refractivity contribution is 7.99. The highest BCUT2D eigenvalue weighted by Gasteiger charge is 2.03. The summed E-state index contributed by atoms with van der Waals surface area (Å²) in [4.78, 5) is 14.5. The molecule has 0 heterocycles. The fourth-order valence-corrected chi connectivity index (χ4v) is 2.82. The third-order valence-corrected chi connectivity index (χ3v) is 4.28. The van der Waals surface area contributed by atoms with Gasteiger partial charge in [-0.3, -0.25) is 0 Å². The summed E-state index contributed by atoms with van der Waals surface area (Å²) < 4.78 is 4.56. The number of thioether (sulfide) groups is 1. The van der Waals surface area contributed by atoms with Gasteiger partial charge in [0.2, 0.25) is 0 Å². The van der Waals surface area contributed by atoms with Crippen LogP contribution in [-0.4, -0.2) is 43.4 Å². The van der Waals surface area contributed by atoms with Crippen molar-refractivity contribution < 1.29 is 9.53 Å². The second-order valence-electron chi connectivity index (χ2n) is 4.53. The number of methoxy groups -OCH3 is 1. The third-order valence-electron chi connectivity index (χ3n) is 3.21. The predicted molar refractivity (Wildman–Crippen MR) is 90.4 cm³/mol. The summed E-state index contributed by atoms with van der Waals surface area (Å²) in [5.41, 5.74) is 7.69. The van der Waals surface area contributed by atoms with E-state index in [-0.39, 0.29) is 5.97 Å². The minimum Gasteiger partial charge on any atom is -0.466 e. The van der Waals surface area contributed by atoms with Crippen molar-refractivity contribution in [3.05, 3.63) is 29.8 Å². The summed E-state index contributed by atoms with van der Waals surface area (Å²) >= 11 is 1.76. The first-order chi connectivity index (χ1) is 10.1. The van der Waals surface area contributed by atoms with Gasteiger partial charge >= 0.3 is 5.97 Å². The van der Waals surface area contributed by atoms with Crippen molar-refractivity contribution in [2.24, 2.45) is 0 Å². The molecule has 1 rings (SSSR count). The maximum absolute atomic E-state index is 11.1. The standard InChI is InChI=1S/C16H24N2O2S/c1-4-18(5-2)10-11-21-15-8-6-13(12-14(15)17)7-9-16(19)20-3/h6-9,12H,4-5,10-11,17H2,1-3H3. The zero-order chi connectivity index (χ0) is 15.7. The van der Waals surface area contributed by atoms with E-state index in [2.05, 4.69) is 23.5 Å². The van der Waals surface area contributed by atoms with E-state index in [0.717, 1.165) is 41.5 Å². The molecule has 0 radical (unpaired) electrons. The van der Waals surface area contributed by atoms with Gasteiger partial charge in [0.05, 0.1) is 7.11 Å². The summed E-state index contributed by atoms with van der Waals surface area (Å²) in [6, 6.07) is 5.83. The first kappa shape index (κ1) is 17.6. The first-order valence-corrected chi connectivity index (χ1v) is 8.10. The number of nitrogens with two attached hydrogens (primary N) is 1. The van der Waals surface area contributed by atoms with Gasteiger partial charge in [0, 0.05) is 29.0 Å². The van der Waals surface area contributed by atoms with Crippen LogP contribution in [0, 0.1) is 0 Å². The topological polar surface area (TPSA) is 55.6 Å². The molecule has 0 saturated carbocycles. The molecule has 21 heavy (non-hydrogen) atoms. The Morgan fingerprint density at radius 1 is 1.38 bits per heavy atom. The van der Waals surface area contributed by atoms with E-state index >= 15 is 0 Å². The number of anilines is 1. The van der Waals surface area contributed by atoms with Crippen LogP contribution in [0.2, 0.25) is 0 Å². The van der Waals surface area contributed by atoms with Crippen molar-refractivity contribution in [3.8, 4) is 0 Å². The maximum atomic E-state index is 11.1. The van der Waals surface area contributed by atoms with Crippen LogP contribution < -0.4 is 5.73 Å². The molecule has 1 aromatic rings. The molecule has 5 heteroatoms. The lowest BCUT2D eigenvalue weighted by molar-refractivity contribution is -0.134. The number of carbonyl (C=O) groups is 1. The molecular formula is C16H24N2O2S. The Kier molecular flexibility index (Phi) is 7.93. The molecule has 1 aromatic carbocycles. The Hall–Kier alpha value is -1.46. The van der Waals surface area contributed by atoms with E-state index in [1.165, 1.54) is 13.2 Å². The van der Waals surface area contributed by atoms with Crippen LogP contribution in [0.4, 0.5) is 5.69 Å². The van der Waals surface area contributed by atoms with E-state index in [1.54, 1.807) is 17.8 Å². The molecular weight excluding hydrogens is 284 g/mol. The summed E-state index contributed by atoms with van der Waals surface area (Å²) in [7, 11) is 1.36. The van der Waals surface area contributed by atoms with Crippen molar-refractivity contribution in [1.29, 1.82) is 0 Å². The van der Waals surface area contributed by atoms with Gasteiger partial charge in [0.25, 0.3) is 0 Å². The fourth-order valence-electron chi connectivity index (χ4n) is 1.86. The Morgan fingerprint density at radius 2 is 2.10 bits per heavy atom. The van der Waals surface area contributed by atoms with E-state index in [1.807, 2.05) is 18.2 Å². The van der Waals surface area contributed by atoms with E-state index in [0.29, 0.717) is 0 Å². The quantitative estimate of drug-likeness (QED) is 0.346. The fraction of sp³-hybridized carbons (Fsp3) is 0.438. The van der Waals surface area contributed by atoms with Crippen LogP contribution in [-0.2, 0) is 9.53 Å². The molecule has 4 nitrogen and oxygen atoms in total. The molecule has 0 fully saturated rings. The Balaban J connectivity index is 2.58. The van der Waals surface area contributed by atoms with Crippen molar-refractivity contribution in [2.75, 3.05) is 38.2 Å². The smallest absolute Gasteiger partial charge is 0.330 e. The van der Waals surface area contributed by atoms with Gasteiger partial charge in [0.15, 0.2) is 0 Å². The van der Waals surface area contributed by atoms with Gasteiger partial charge in [-0.1, -0.05) is 19.9 Å². The van der Waals surface area contributed by atoms with E-state index < -0.39 is 0 Å². The molecule has 0 atom stereocenters. The van der Waals surface area contributed by atoms with Crippen molar-refractivity contribution >= 4 is 29.5 Å². The van der Waals surface area contributed by atoms with Gasteiger partial charge in [-0.05, 0) is 36.9 Å². The number of carbonyl (C=O) groups excluding carboxylic acids is 1. The normalized spacial score (nSPS) is 11.2. The van der Waals surface area contributed by atoms with E-state index in [9.17, 15) is 4.79 Å². The monoisotopic (exact) mass is 308 g/mol. The number of nitrogens with zero attached hydrogens (tertiary/aromatic N) is 1. The Labute approximate surface area is 131 Å². The predicted octanol–water partition coefficient (Wildman–Crippen LogP) is 2.89. The lowest BCUT2D eigenvalue weighted by atomic mass is 10.2. The number of hydrogen-bond acceptors (Lipinski definition) is 5. The summed E-state index contributed by atoms with van der Waals surface area (Å²) in [5.74, 6) is 0.648. The second-order valence-corrected chi connectivity index (χ2v) is 5.67. The minimum atomic E-state index is -0.369. The summed E-state index contributed by atoms with van der Waals surface area (Å²) in [6.45, 7) is 7.55. The number of nitrogen functional groups attached to an aromatic ring is 1. The maximum Gasteiger partial charge on any atom is 0.330 e. The molecule has 0 amide bonds. The van der Waals surface area contributed by atoms with Crippen LogP contribution in [0.5, 0.6) is 0 Å². The molecule has 0 saturated heterocycles. The second kappa shape index (κ2) is 9.47. The van der Waals surface area contributed by atoms with Crippen molar-refractivity contribution in [3.63, 3.8) is 0 Å². The first-order valence-electron chi connectivity index (χ1n) is 7.11. The molecule has 2 N–H and O–H groups in total. The number of rotatable bonds is 8. The highest BCUT2D eigenvalue weighted by Crippen LogP contribution is 2.26. The van der Waals surface area contributed by atoms with Gasteiger partial charge in [-0.25, -0.2) is 4.79 Å². The van der Waals surface area contributed by atoms with Gasteiger partial charge in [-0.2, -0.15) is 0 Å². The van der Waals surface area contributed by atoms with Crippen LogP contribution in [0.15, 0.2) is 29.2 Å². The molecule has 0 spiro atoms. The van der Waals surface area contributed by atoms with Gasteiger partial charge in [-0.15, -0.1) is 11.8 Å². The molecule has 0 aliphatic carbocycles. The zero-order valence-corrected chi connectivity index (χ0v) is 13.8. The molecule has 116 valence electrons. The SMILES string of the molecule is CCN(CC)CCSc1ccc(C=CC(=O)OC)cc1N. The molecule has 0 aliphatic heterocycles. The summed E-state index contributed by atoms with van der Waals surface area (Å²) in [6.07, 6.45) is 3.09. The number of ether oxygens (including phenoxy) is 1. The Morgan fingerprint density at radius 3 is 2.67 bits per heavy atom. The molecule has 0 unspecified atom stereocenters. The van der Waals surface area contributed by atoms with Gasteiger partial charge in [0.1, 0.15) is 0 Å². The molecule has 0 aromatic heterocycles. The van der Waals surface area contributed by atoms with E-state index in [4.69, 9.17) is 5.73 Å². The molecule has 0 bridgehead atoms. The van der Waals surface area contributed by atoms with Crippen LogP contribution in [0.25, 0.3) is 6.08 Å². The number of esters is 1. The number of benzene rings is 1.